The summed E-state index contributed by atoms with van der Waals surface area (Å²) in [5.41, 5.74) is 2.02. The molecule has 1 atom stereocenters. The fourth-order valence-corrected chi connectivity index (χ4v) is 3.14. The van der Waals surface area contributed by atoms with Gasteiger partial charge in [-0.3, -0.25) is 0 Å². The van der Waals surface area contributed by atoms with Crippen LogP contribution in [0.3, 0.4) is 0 Å². The van der Waals surface area contributed by atoms with Crippen LogP contribution in [0.15, 0.2) is 22.6 Å². The molecule has 0 saturated carbocycles. The summed E-state index contributed by atoms with van der Waals surface area (Å²) in [5.74, 6) is 0.769. The molecule has 24 heavy (non-hydrogen) atoms. The molecular weight excluding hydrogens is 304 g/mol. The Hall–Kier alpha value is -1.59. The summed E-state index contributed by atoms with van der Waals surface area (Å²) in [6.07, 6.45) is 2.12. The molecule has 2 heterocycles. The van der Waals surface area contributed by atoms with Crippen molar-refractivity contribution in [2.45, 2.75) is 58.6 Å². The van der Waals surface area contributed by atoms with Crippen LogP contribution in [0.25, 0.3) is 11.1 Å². The molecule has 0 spiro atoms. The highest BCUT2D eigenvalue weighted by atomic mass is 16.5. The fraction of sp³-hybridized carbons (Fsp3) is 0.632. The first-order valence-corrected chi connectivity index (χ1v) is 8.71. The Morgan fingerprint density at radius 3 is 2.67 bits per heavy atom. The van der Waals surface area contributed by atoms with Crippen molar-refractivity contribution in [1.29, 1.82) is 0 Å². The Morgan fingerprint density at radius 2 is 2.00 bits per heavy atom. The maximum atomic E-state index is 10.8. The number of ether oxygens (including phenoxy) is 1. The molecule has 3 rings (SSSR count). The summed E-state index contributed by atoms with van der Waals surface area (Å²) in [7, 11) is 0. The number of aromatic nitrogens is 1. The molecule has 1 aliphatic heterocycles. The van der Waals surface area contributed by atoms with Crippen molar-refractivity contribution < 1.29 is 14.3 Å². The topological polar surface area (TPSA) is 67.5 Å². The van der Waals surface area contributed by atoms with E-state index in [0.717, 1.165) is 29.1 Å². The number of benzene rings is 1. The lowest BCUT2D eigenvalue weighted by atomic mass is 9.87. The Kier molecular flexibility index (Phi) is 4.58. The Labute approximate surface area is 143 Å². The molecule has 132 valence electrons. The average molecular weight is 332 g/mol. The second-order valence-electron chi connectivity index (χ2n) is 8.11. The average Bonchev–Trinajstić information content (AvgIpc) is 2.87. The number of nitrogens with zero attached hydrogens (tertiary/aromatic N) is 1. The van der Waals surface area contributed by atoms with Crippen LogP contribution >= 0.6 is 0 Å². The smallest absolute Gasteiger partial charge is 0.195 e. The predicted molar refractivity (Wildman–Crippen MR) is 95.3 cm³/mol. The van der Waals surface area contributed by atoms with Crippen LogP contribution in [0.5, 0.6) is 0 Å². The normalized spacial score (nSPS) is 19.4. The van der Waals surface area contributed by atoms with E-state index < -0.39 is 5.60 Å². The van der Waals surface area contributed by atoms with Gasteiger partial charge in [-0.25, -0.2) is 4.98 Å². The van der Waals surface area contributed by atoms with E-state index in [4.69, 9.17) is 9.15 Å². The standard InChI is InChI=1S/C19H28N2O3/c1-13(19(22)7-9-23-10-8-19)20-14-5-6-16-15(11-14)21-17(24-16)12-18(2,3)4/h5-6,11,13,20,22H,7-10,12H2,1-4H3. The van der Waals surface area contributed by atoms with Gasteiger partial charge in [-0.05, 0) is 30.5 Å². The third-order valence-electron chi connectivity index (χ3n) is 4.66. The van der Waals surface area contributed by atoms with Gasteiger partial charge in [0, 0.05) is 38.2 Å². The first-order valence-electron chi connectivity index (χ1n) is 8.71. The lowest BCUT2D eigenvalue weighted by Gasteiger charge is -2.38. The number of rotatable bonds is 4. The van der Waals surface area contributed by atoms with E-state index in [0.29, 0.717) is 26.1 Å². The van der Waals surface area contributed by atoms with Gasteiger partial charge in [0.25, 0.3) is 0 Å². The van der Waals surface area contributed by atoms with Crippen molar-refractivity contribution in [2.24, 2.45) is 5.41 Å². The van der Waals surface area contributed by atoms with Crippen molar-refractivity contribution in [3.63, 3.8) is 0 Å². The van der Waals surface area contributed by atoms with Gasteiger partial charge in [0.05, 0.1) is 11.6 Å². The van der Waals surface area contributed by atoms with E-state index in [-0.39, 0.29) is 11.5 Å². The molecule has 0 bridgehead atoms. The molecule has 5 heteroatoms. The zero-order valence-corrected chi connectivity index (χ0v) is 15.1. The zero-order chi connectivity index (χ0) is 17.4. The molecule has 5 nitrogen and oxygen atoms in total. The van der Waals surface area contributed by atoms with Gasteiger partial charge in [0.1, 0.15) is 5.52 Å². The van der Waals surface area contributed by atoms with Crippen molar-refractivity contribution in [1.82, 2.24) is 4.98 Å². The largest absolute Gasteiger partial charge is 0.441 e. The van der Waals surface area contributed by atoms with E-state index in [1.807, 2.05) is 25.1 Å². The van der Waals surface area contributed by atoms with E-state index in [1.54, 1.807) is 0 Å². The third-order valence-corrected chi connectivity index (χ3v) is 4.66. The number of nitrogens with one attached hydrogen (secondary N) is 1. The number of aliphatic hydroxyl groups is 1. The minimum absolute atomic E-state index is 0.0557. The lowest BCUT2D eigenvalue weighted by molar-refractivity contribution is -0.0711. The minimum Gasteiger partial charge on any atom is -0.441 e. The van der Waals surface area contributed by atoms with Crippen LogP contribution in [0.1, 0.15) is 46.4 Å². The minimum atomic E-state index is -0.728. The van der Waals surface area contributed by atoms with Gasteiger partial charge in [-0.2, -0.15) is 0 Å². The molecule has 0 radical (unpaired) electrons. The third kappa shape index (κ3) is 3.90. The molecule has 1 aromatic heterocycles. The van der Waals surface area contributed by atoms with Crippen LogP contribution in [-0.2, 0) is 11.2 Å². The highest BCUT2D eigenvalue weighted by molar-refractivity contribution is 5.77. The summed E-state index contributed by atoms with van der Waals surface area (Å²) in [4.78, 5) is 4.61. The van der Waals surface area contributed by atoms with E-state index in [9.17, 15) is 5.11 Å². The predicted octanol–water partition coefficient (Wildman–Crippen LogP) is 3.76. The van der Waals surface area contributed by atoms with Gasteiger partial charge >= 0.3 is 0 Å². The SMILES string of the molecule is CC(Nc1ccc2oc(CC(C)(C)C)nc2c1)C1(O)CCOCC1. The van der Waals surface area contributed by atoms with Gasteiger partial charge in [0.15, 0.2) is 11.5 Å². The van der Waals surface area contributed by atoms with Crippen LogP contribution in [0, 0.1) is 5.41 Å². The fourth-order valence-electron chi connectivity index (χ4n) is 3.14. The van der Waals surface area contributed by atoms with E-state index >= 15 is 0 Å². The summed E-state index contributed by atoms with van der Waals surface area (Å²) in [6, 6.07) is 5.86. The van der Waals surface area contributed by atoms with E-state index in [1.165, 1.54) is 0 Å². The quantitative estimate of drug-likeness (QED) is 0.892. The number of hydrogen-bond acceptors (Lipinski definition) is 5. The summed E-state index contributed by atoms with van der Waals surface area (Å²) >= 11 is 0. The molecule has 1 aromatic carbocycles. The lowest BCUT2D eigenvalue weighted by Crippen LogP contribution is -2.49. The number of oxazole rings is 1. The van der Waals surface area contributed by atoms with Gasteiger partial charge in [-0.15, -0.1) is 0 Å². The van der Waals surface area contributed by atoms with Crippen LogP contribution in [0.4, 0.5) is 5.69 Å². The van der Waals surface area contributed by atoms with Crippen LogP contribution in [-0.4, -0.2) is 34.9 Å². The second-order valence-corrected chi connectivity index (χ2v) is 8.11. The number of anilines is 1. The molecule has 2 aromatic rings. The maximum Gasteiger partial charge on any atom is 0.195 e. The monoisotopic (exact) mass is 332 g/mol. The molecule has 1 unspecified atom stereocenters. The summed E-state index contributed by atoms with van der Waals surface area (Å²) in [6.45, 7) is 9.76. The number of hydrogen-bond donors (Lipinski definition) is 2. The second kappa shape index (κ2) is 6.37. The Bertz CT molecular complexity index is 696. The van der Waals surface area contributed by atoms with Gasteiger partial charge in [0.2, 0.25) is 0 Å². The molecule has 1 aliphatic rings. The van der Waals surface area contributed by atoms with Crippen molar-refractivity contribution >= 4 is 16.8 Å². The summed E-state index contributed by atoms with van der Waals surface area (Å²) in [5, 5.41) is 14.2. The molecule has 0 aliphatic carbocycles. The van der Waals surface area contributed by atoms with Crippen molar-refractivity contribution in [3.8, 4) is 0 Å². The summed E-state index contributed by atoms with van der Waals surface area (Å²) < 4.78 is 11.2. The first-order chi connectivity index (χ1) is 11.3. The maximum absolute atomic E-state index is 10.8. The molecule has 1 saturated heterocycles. The first kappa shape index (κ1) is 17.2. The zero-order valence-electron chi connectivity index (χ0n) is 15.1. The highest BCUT2D eigenvalue weighted by Crippen LogP contribution is 2.29. The highest BCUT2D eigenvalue weighted by Gasteiger charge is 2.35. The number of fused-ring (bicyclic) bond motifs is 1. The van der Waals surface area contributed by atoms with Crippen LogP contribution in [0.2, 0.25) is 0 Å². The molecular formula is C19H28N2O3. The Morgan fingerprint density at radius 1 is 1.29 bits per heavy atom. The van der Waals surface area contributed by atoms with Gasteiger partial charge in [-0.1, -0.05) is 20.8 Å². The molecule has 1 fully saturated rings. The molecule has 0 amide bonds. The Balaban J connectivity index is 1.75. The molecule has 2 N–H and O–H groups in total. The van der Waals surface area contributed by atoms with Crippen LogP contribution < -0.4 is 5.32 Å². The van der Waals surface area contributed by atoms with Crippen molar-refractivity contribution in [2.75, 3.05) is 18.5 Å². The van der Waals surface area contributed by atoms with Crippen molar-refractivity contribution in [3.05, 3.63) is 24.1 Å². The van der Waals surface area contributed by atoms with E-state index in [2.05, 4.69) is 31.1 Å². The van der Waals surface area contributed by atoms with Gasteiger partial charge < -0.3 is 19.6 Å².